The summed E-state index contributed by atoms with van der Waals surface area (Å²) >= 11 is 0. The molecule has 10 aromatic rings. The van der Waals surface area contributed by atoms with E-state index in [9.17, 15) is 0 Å². The van der Waals surface area contributed by atoms with Gasteiger partial charge in [-0.15, -0.1) is 53.6 Å². The van der Waals surface area contributed by atoms with Crippen molar-refractivity contribution in [3.8, 4) is 22.5 Å². The van der Waals surface area contributed by atoms with Crippen molar-refractivity contribution < 1.29 is 28.9 Å². The zero-order valence-corrected chi connectivity index (χ0v) is 27.3. The molecular formula is C42H24IrN2O2-2. The SMILES string of the molecule is [Ir].[c-]1cc2c(cc1-c1ccc3c(ccc4oc5ccccc5c43)n1)oc1c3ccccc3ccc21.[c-]1ccccc1-c1ccccn1. The predicted molar refractivity (Wildman–Crippen MR) is 187 cm³/mol. The Hall–Kier alpha value is -5.61. The Morgan fingerprint density at radius 1 is 0.511 bits per heavy atom. The van der Waals surface area contributed by atoms with Crippen molar-refractivity contribution in [2.24, 2.45) is 0 Å². The van der Waals surface area contributed by atoms with Gasteiger partial charge in [0.1, 0.15) is 16.7 Å². The first-order valence-corrected chi connectivity index (χ1v) is 15.2. The molecule has 0 aliphatic rings. The molecule has 6 aromatic carbocycles. The van der Waals surface area contributed by atoms with Crippen LogP contribution in [0.2, 0.25) is 0 Å². The van der Waals surface area contributed by atoms with Crippen molar-refractivity contribution in [2.45, 2.75) is 0 Å². The molecule has 0 amide bonds. The fourth-order valence-electron chi connectivity index (χ4n) is 6.24. The molecule has 1 radical (unpaired) electrons. The molecule has 0 fully saturated rings. The van der Waals surface area contributed by atoms with Gasteiger partial charge >= 0.3 is 0 Å². The Bertz CT molecular complexity index is 2650. The summed E-state index contributed by atoms with van der Waals surface area (Å²) in [4.78, 5) is 9.20. The number of aromatic nitrogens is 2. The molecule has 4 nitrogen and oxygen atoms in total. The number of pyridine rings is 2. The second-order valence-electron chi connectivity index (χ2n) is 11.2. The van der Waals surface area contributed by atoms with Gasteiger partial charge in [-0.2, -0.15) is 0 Å². The van der Waals surface area contributed by atoms with Gasteiger partial charge in [-0.3, -0.25) is 4.98 Å². The Labute approximate surface area is 283 Å². The first kappa shape index (κ1) is 28.8. The van der Waals surface area contributed by atoms with Gasteiger partial charge in [0.15, 0.2) is 0 Å². The largest absolute Gasteiger partial charge is 0.476 e. The number of rotatable bonds is 2. The predicted octanol–water partition coefficient (Wildman–Crippen LogP) is 11.2. The zero-order chi connectivity index (χ0) is 30.5. The van der Waals surface area contributed by atoms with Crippen molar-refractivity contribution >= 4 is 65.6 Å². The second kappa shape index (κ2) is 12.0. The number of para-hydroxylation sites is 1. The summed E-state index contributed by atoms with van der Waals surface area (Å²) in [6, 6.07) is 53.3. The molecule has 0 aliphatic heterocycles. The van der Waals surface area contributed by atoms with Crippen molar-refractivity contribution in [3.63, 3.8) is 0 Å². The summed E-state index contributed by atoms with van der Waals surface area (Å²) in [6.07, 6.45) is 1.79. The van der Waals surface area contributed by atoms with Gasteiger partial charge in [-0.05, 0) is 46.4 Å². The Morgan fingerprint density at radius 3 is 2.21 bits per heavy atom. The summed E-state index contributed by atoms with van der Waals surface area (Å²) in [6.45, 7) is 0. The first-order chi connectivity index (χ1) is 22.8. The molecule has 5 heteroatoms. The normalized spacial score (nSPS) is 11.2. The summed E-state index contributed by atoms with van der Waals surface area (Å²) in [5.74, 6) is 0. The van der Waals surface area contributed by atoms with Crippen LogP contribution in [-0.2, 0) is 20.1 Å². The fourth-order valence-corrected chi connectivity index (χ4v) is 6.24. The average molecular weight is 781 g/mol. The van der Waals surface area contributed by atoms with Crippen LogP contribution in [0.5, 0.6) is 0 Å². The molecule has 47 heavy (non-hydrogen) atoms. The van der Waals surface area contributed by atoms with E-state index >= 15 is 0 Å². The van der Waals surface area contributed by atoms with Gasteiger partial charge in [0.2, 0.25) is 0 Å². The summed E-state index contributed by atoms with van der Waals surface area (Å²) in [5.41, 5.74) is 8.26. The number of nitrogens with zero attached hydrogens (tertiary/aromatic N) is 2. The van der Waals surface area contributed by atoms with Gasteiger partial charge < -0.3 is 13.8 Å². The summed E-state index contributed by atoms with van der Waals surface area (Å²) < 4.78 is 12.4. The molecule has 0 bridgehead atoms. The van der Waals surface area contributed by atoms with E-state index in [1.54, 1.807) is 6.20 Å². The third-order valence-corrected chi connectivity index (χ3v) is 8.43. The maximum Gasteiger partial charge on any atom is 0.136 e. The van der Waals surface area contributed by atoms with Crippen LogP contribution in [0.3, 0.4) is 0 Å². The van der Waals surface area contributed by atoms with Crippen LogP contribution < -0.4 is 0 Å². The van der Waals surface area contributed by atoms with E-state index in [0.29, 0.717) is 0 Å². The topological polar surface area (TPSA) is 52.1 Å². The van der Waals surface area contributed by atoms with E-state index in [0.717, 1.165) is 82.7 Å². The van der Waals surface area contributed by atoms with Gasteiger partial charge in [-0.1, -0.05) is 90.3 Å². The van der Waals surface area contributed by atoms with Crippen LogP contribution >= 0.6 is 0 Å². The molecule has 10 rings (SSSR count). The minimum absolute atomic E-state index is 0. The van der Waals surface area contributed by atoms with Crippen LogP contribution in [0.15, 0.2) is 155 Å². The van der Waals surface area contributed by atoms with E-state index in [-0.39, 0.29) is 20.1 Å². The van der Waals surface area contributed by atoms with Crippen LogP contribution in [-0.4, -0.2) is 9.97 Å². The van der Waals surface area contributed by atoms with Gasteiger partial charge in [0, 0.05) is 47.8 Å². The maximum absolute atomic E-state index is 6.35. The summed E-state index contributed by atoms with van der Waals surface area (Å²) in [5, 5.41) is 7.78. The van der Waals surface area contributed by atoms with Crippen LogP contribution in [0.1, 0.15) is 0 Å². The van der Waals surface area contributed by atoms with E-state index < -0.39 is 0 Å². The second-order valence-corrected chi connectivity index (χ2v) is 11.2. The third-order valence-electron chi connectivity index (χ3n) is 8.43. The van der Waals surface area contributed by atoms with Gasteiger partial charge in [0.25, 0.3) is 0 Å². The molecule has 0 saturated heterocycles. The molecule has 0 atom stereocenters. The van der Waals surface area contributed by atoms with E-state index in [1.165, 1.54) is 5.39 Å². The van der Waals surface area contributed by atoms with Crippen molar-refractivity contribution in [1.82, 2.24) is 9.97 Å². The van der Waals surface area contributed by atoms with E-state index in [4.69, 9.17) is 13.8 Å². The van der Waals surface area contributed by atoms with Crippen molar-refractivity contribution in [3.05, 3.63) is 158 Å². The number of hydrogen-bond acceptors (Lipinski definition) is 4. The standard InChI is InChI=1S/C31H16NO2.C11H8N.Ir/c1-2-6-20-18(5-1)9-12-22-21-11-10-19(17-29(21)34-31(20)22)25-14-13-23-26(32-25)15-16-28-30(23)24-7-3-4-8-27(24)33-28;1-2-6-10(7-3-1)11-8-4-5-9-12-11;/h1-9,11-17H;1-6,8-9H;/q2*-1;. The molecule has 4 aromatic heterocycles. The molecule has 225 valence electrons. The third kappa shape index (κ3) is 5.07. The fraction of sp³-hybridized carbons (Fsp3) is 0. The minimum atomic E-state index is 0. The molecule has 0 N–H and O–H groups in total. The number of fused-ring (bicyclic) bond motifs is 10. The number of hydrogen-bond donors (Lipinski definition) is 0. The molecule has 0 spiro atoms. The van der Waals surface area contributed by atoms with Gasteiger partial charge in [0.05, 0.1) is 11.1 Å². The van der Waals surface area contributed by atoms with Crippen LogP contribution in [0, 0.1) is 12.1 Å². The quantitative estimate of drug-likeness (QED) is 0.164. The van der Waals surface area contributed by atoms with E-state index in [2.05, 4.69) is 59.6 Å². The van der Waals surface area contributed by atoms with Crippen molar-refractivity contribution in [2.75, 3.05) is 0 Å². The Kier molecular flexibility index (Phi) is 7.34. The number of furan rings is 2. The average Bonchev–Trinajstić information content (AvgIpc) is 3.71. The van der Waals surface area contributed by atoms with Crippen LogP contribution in [0.4, 0.5) is 0 Å². The zero-order valence-electron chi connectivity index (χ0n) is 24.9. The Balaban J connectivity index is 0.000000212. The maximum atomic E-state index is 6.35. The van der Waals surface area contributed by atoms with Crippen LogP contribution in [0.25, 0.3) is 88.1 Å². The molecular weight excluding hydrogens is 757 g/mol. The number of benzene rings is 6. The first-order valence-electron chi connectivity index (χ1n) is 15.2. The molecule has 0 aliphatic carbocycles. The van der Waals surface area contributed by atoms with Gasteiger partial charge in [-0.25, -0.2) is 0 Å². The molecule has 4 heterocycles. The minimum Gasteiger partial charge on any atom is -0.476 e. The molecule has 0 unspecified atom stereocenters. The Morgan fingerprint density at radius 2 is 1.34 bits per heavy atom. The van der Waals surface area contributed by atoms with E-state index in [1.807, 2.05) is 97.1 Å². The smallest absolute Gasteiger partial charge is 0.136 e. The summed E-state index contributed by atoms with van der Waals surface area (Å²) in [7, 11) is 0. The van der Waals surface area contributed by atoms with Crippen molar-refractivity contribution in [1.29, 1.82) is 0 Å². The monoisotopic (exact) mass is 781 g/mol. The molecule has 0 saturated carbocycles.